The second-order valence-electron chi connectivity index (χ2n) is 14.8. The minimum Gasteiger partial charge on any atom is -0.481 e. The van der Waals surface area contributed by atoms with Crippen molar-refractivity contribution in [2.75, 3.05) is 39.8 Å². The summed E-state index contributed by atoms with van der Waals surface area (Å²) in [5.74, 6) is -0.408. The Bertz CT molecular complexity index is 2250. The van der Waals surface area contributed by atoms with Crippen molar-refractivity contribution in [3.05, 3.63) is 81.4 Å². The zero-order valence-corrected chi connectivity index (χ0v) is 30.3. The molecule has 266 valence electrons. The van der Waals surface area contributed by atoms with Gasteiger partial charge < -0.3 is 19.5 Å². The number of benzene rings is 3. The van der Waals surface area contributed by atoms with E-state index in [1.807, 2.05) is 41.1 Å². The summed E-state index contributed by atoms with van der Waals surface area (Å²) >= 11 is 1.63. The van der Waals surface area contributed by atoms with Gasteiger partial charge in [-0.15, -0.1) is 11.3 Å². The van der Waals surface area contributed by atoms with Crippen molar-refractivity contribution in [3.8, 4) is 39.2 Å². The van der Waals surface area contributed by atoms with Crippen molar-refractivity contribution in [2.24, 2.45) is 11.3 Å². The van der Waals surface area contributed by atoms with E-state index in [2.05, 4.69) is 49.1 Å². The van der Waals surface area contributed by atoms with Crippen LogP contribution in [0.15, 0.2) is 52.9 Å². The molecule has 1 aliphatic carbocycles. The lowest BCUT2D eigenvalue weighted by Crippen LogP contribution is -2.62. The topological polar surface area (TPSA) is 147 Å². The van der Waals surface area contributed by atoms with Crippen molar-refractivity contribution in [2.45, 2.75) is 46.3 Å². The van der Waals surface area contributed by atoms with E-state index in [9.17, 15) is 25.1 Å². The Kier molecular flexibility index (Phi) is 8.70. The third kappa shape index (κ3) is 6.07. The lowest BCUT2D eigenvalue weighted by atomic mass is 9.57. The van der Waals surface area contributed by atoms with Crippen LogP contribution in [0.4, 0.5) is 0 Å². The molecule has 11 nitrogen and oxygen atoms in total. The zero-order chi connectivity index (χ0) is 36.3. The molecule has 1 amide bonds. The van der Waals surface area contributed by atoms with Crippen molar-refractivity contribution in [1.29, 1.82) is 5.26 Å². The maximum absolute atomic E-state index is 12.8. The molecule has 0 unspecified atom stereocenters. The van der Waals surface area contributed by atoms with Gasteiger partial charge in [0.2, 0.25) is 11.8 Å². The van der Waals surface area contributed by atoms with E-state index in [4.69, 9.17) is 14.4 Å². The van der Waals surface area contributed by atoms with Gasteiger partial charge in [-0.05, 0) is 85.2 Å². The fourth-order valence-corrected chi connectivity index (χ4v) is 9.47. The van der Waals surface area contributed by atoms with Gasteiger partial charge in [-0.1, -0.05) is 30.3 Å². The van der Waals surface area contributed by atoms with Crippen molar-refractivity contribution < 1.29 is 24.2 Å². The van der Waals surface area contributed by atoms with Gasteiger partial charge in [0.1, 0.15) is 16.6 Å². The Morgan fingerprint density at radius 1 is 1.04 bits per heavy atom. The largest absolute Gasteiger partial charge is 0.481 e. The van der Waals surface area contributed by atoms with Crippen LogP contribution in [-0.2, 0) is 29.2 Å². The third-order valence-corrected chi connectivity index (χ3v) is 12.1. The predicted octanol–water partition coefficient (Wildman–Crippen LogP) is 5.84. The number of likely N-dealkylation sites (N-methyl/N-ethyl adjacent to an activating group) is 1. The van der Waals surface area contributed by atoms with Crippen LogP contribution < -0.4 is 0 Å². The summed E-state index contributed by atoms with van der Waals surface area (Å²) in [6.07, 6.45) is 1.49. The monoisotopic (exact) mass is 716 g/mol. The van der Waals surface area contributed by atoms with Crippen LogP contribution in [0, 0.1) is 36.5 Å². The molecular weight excluding hydrogens is 677 g/mol. The van der Waals surface area contributed by atoms with Crippen LogP contribution in [-0.4, -0.2) is 86.6 Å². The first-order chi connectivity index (χ1) is 25.0. The Hall–Kier alpha value is -4.93. The number of aliphatic hydroxyl groups is 1. The number of aliphatic hydroxyl groups excluding tert-OH is 1. The quantitative estimate of drug-likeness (QED) is 0.181. The number of aromatic nitrogens is 2. The molecule has 3 aliphatic rings. The van der Waals surface area contributed by atoms with Gasteiger partial charge in [0, 0.05) is 42.2 Å². The minimum atomic E-state index is -0.693. The number of nitrogens with zero attached hydrogens (tertiary/aromatic N) is 6. The second kappa shape index (κ2) is 13.2. The van der Waals surface area contributed by atoms with Crippen LogP contribution in [0.3, 0.4) is 0 Å². The first kappa shape index (κ1) is 34.2. The van der Waals surface area contributed by atoms with Crippen molar-refractivity contribution in [1.82, 2.24) is 24.7 Å². The van der Waals surface area contributed by atoms with E-state index in [1.54, 1.807) is 11.3 Å². The fraction of sp³-hybridized carbons (Fsp3) is 0.375. The van der Waals surface area contributed by atoms with Gasteiger partial charge >= 0.3 is 5.97 Å². The van der Waals surface area contributed by atoms with Gasteiger partial charge in [-0.3, -0.25) is 19.4 Å². The standard InChI is InChI=1S/C40H40N6O5S/c1-23-28(29-7-5-9-31(24(29)2)38-43-33-18-46(19-34(33)52-38)35(48)20-44(3)10-11-47)6-4-8-30(23)37-42-32-13-25(12-26(16-41)36(32)51-37)17-45-21-40(22-45)14-27(15-40)39(49)50/h4-9,12-13,27,47H,10-11,14-15,17-22H2,1-3H3,(H,49,50). The summed E-state index contributed by atoms with van der Waals surface area (Å²) in [6, 6.07) is 18.6. The number of carbonyl (C=O) groups is 2. The average Bonchev–Trinajstić information content (AvgIpc) is 3.79. The number of rotatable bonds is 10. The summed E-state index contributed by atoms with van der Waals surface area (Å²) in [4.78, 5) is 41.0. The van der Waals surface area contributed by atoms with E-state index >= 15 is 0 Å². The average molecular weight is 717 g/mol. The van der Waals surface area contributed by atoms with Crippen LogP contribution in [0.25, 0.3) is 44.3 Å². The number of carbonyl (C=O) groups excluding carboxylic acids is 1. The molecule has 5 aromatic rings. The van der Waals surface area contributed by atoms with Crippen LogP contribution in [0.5, 0.6) is 0 Å². The molecule has 52 heavy (non-hydrogen) atoms. The first-order valence-electron chi connectivity index (χ1n) is 17.6. The van der Waals surface area contributed by atoms with Crippen molar-refractivity contribution >= 4 is 34.3 Å². The summed E-state index contributed by atoms with van der Waals surface area (Å²) in [6.45, 7) is 8.40. The number of carboxylic acids is 1. The number of fused-ring (bicyclic) bond motifs is 2. The molecule has 0 bridgehead atoms. The fourth-order valence-electron chi connectivity index (χ4n) is 8.30. The Morgan fingerprint density at radius 2 is 1.73 bits per heavy atom. The Labute approximate surface area is 305 Å². The molecule has 12 heteroatoms. The van der Waals surface area contributed by atoms with Gasteiger partial charge in [0.15, 0.2) is 5.58 Å². The molecule has 0 atom stereocenters. The summed E-state index contributed by atoms with van der Waals surface area (Å²) in [5.41, 5.74) is 9.81. The predicted molar refractivity (Wildman–Crippen MR) is 197 cm³/mol. The highest BCUT2D eigenvalue weighted by Gasteiger charge is 2.54. The van der Waals surface area contributed by atoms with E-state index in [0.717, 1.165) is 80.5 Å². The van der Waals surface area contributed by atoms with Crippen LogP contribution >= 0.6 is 11.3 Å². The van der Waals surface area contributed by atoms with Gasteiger partial charge in [0.05, 0.1) is 43.4 Å². The molecule has 2 N–H and O–H groups in total. The van der Waals surface area contributed by atoms with E-state index < -0.39 is 5.97 Å². The lowest BCUT2D eigenvalue weighted by Gasteiger charge is -2.58. The number of hydrogen-bond acceptors (Lipinski definition) is 10. The maximum Gasteiger partial charge on any atom is 0.306 e. The van der Waals surface area contributed by atoms with Gasteiger partial charge in [-0.2, -0.15) is 5.26 Å². The molecular formula is C40H40N6O5S. The minimum absolute atomic E-state index is 0.0203. The van der Waals surface area contributed by atoms with E-state index in [0.29, 0.717) is 48.7 Å². The normalized spacial score (nSPS) is 16.7. The highest BCUT2D eigenvalue weighted by atomic mass is 32.1. The smallest absolute Gasteiger partial charge is 0.306 e. The maximum atomic E-state index is 12.8. The molecule has 4 heterocycles. The molecule has 2 aliphatic heterocycles. The van der Waals surface area contributed by atoms with E-state index in [-0.39, 0.29) is 30.4 Å². The highest BCUT2D eigenvalue weighted by molar-refractivity contribution is 7.15. The van der Waals surface area contributed by atoms with Crippen LogP contribution in [0.1, 0.15) is 45.7 Å². The number of aliphatic carboxylic acids is 1. The third-order valence-electron chi connectivity index (χ3n) is 11.0. The number of nitriles is 1. The molecule has 2 aromatic heterocycles. The molecule has 1 spiro atoms. The molecule has 1 saturated heterocycles. The highest BCUT2D eigenvalue weighted by Crippen LogP contribution is 2.52. The number of amides is 1. The SMILES string of the molecule is Cc1c(-c2nc3cc(CN4CC5(CC(C(=O)O)C5)C4)cc(C#N)c3o2)cccc1-c1cccc(-c2nc3c(s2)CN(C(=O)CN(C)CCO)C3)c1C. The number of hydrogen-bond donors (Lipinski definition) is 2. The molecule has 3 aromatic carbocycles. The number of carboxylic acid groups (broad SMARTS) is 1. The van der Waals surface area contributed by atoms with E-state index in [1.165, 1.54) is 0 Å². The van der Waals surface area contributed by atoms with Gasteiger partial charge in [-0.25, -0.2) is 9.97 Å². The molecule has 8 rings (SSSR count). The van der Waals surface area contributed by atoms with Crippen molar-refractivity contribution in [3.63, 3.8) is 0 Å². The summed E-state index contributed by atoms with van der Waals surface area (Å²) < 4.78 is 6.31. The molecule has 0 radical (unpaired) electrons. The lowest BCUT2D eigenvalue weighted by molar-refractivity contribution is -0.161. The summed E-state index contributed by atoms with van der Waals surface area (Å²) in [5, 5.41) is 29.4. The Balaban J connectivity index is 1.02. The second-order valence-corrected chi connectivity index (χ2v) is 15.9. The number of likely N-dealkylation sites (tertiary alicyclic amines) is 1. The molecule has 2 fully saturated rings. The molecule has 1 saturated carbocycles. The van der Waals surface area contributed by atoms with Crippen LogP contribution in [0.2, 0.25) is 0 Å². The first-order valence-corrected chi connectivity index (χ1v) is 18.4. The zero-order valence-electron chi connectivity index (χ0n) is 29.5. The number of thiazole rings is 1. The summed E-state index contributed by atoms with van der Waals surface area (Å²) in [7, 11) is 1.83. The van der Waals surface area contributed by atoms with Gasteiger partial charge in [0.25, 0.3) is 0 Å². The number of oxazole rings is 1. The Morgan fingerprint density at radius 3 is 2.40 bits per heavy atom.